The smallest absolute Gasteiger partial charge is 0.318 e. The van der Waals surface area contributed by atoms with Gasteiger partial charge in [0.05, 0.1) is 18.0 Å². The number of amides is 3. The maximum absolute atomic E-state index is 13.4. The number of nitrogens with one attached hydrogen (secondary N) is 2. The average molecular weight is 383 g/mol. The molecular weight excluding hydrogens is 352 g/mol. The van der Waals surface area contributed by atoms with Gasteiger partial charge in [0.2, 0.25) is 5.91 Å². The van der Waals surface area contributed by atoms with Crippen molar-refractivity contribution < 1.29 is 9.59 Å². The number of carbonyl (C=O) groups excluding carboxylic acids is 2. The first-order valence-electron chi connectivity index (χ1n) is 10.9. The molecule has 0 bridgehead atoms. The van der Waals surface area contributed by atoms with Crippen LogP contribution in [0.25, 0.3) is 0 Å². The molecule has 3 amide bonds. The summed E-state index contributed by atoms with van der Waals surface area (Å²) in [7, 11) is 0. The van der Waals surface area contributed by atoms with Crippen LogP contribution in [-0.4, -0.2) is 66.0 Å². The highest BCUT2D eigenvalue weighted by Crippen LogP contribution is 2.35. The Balaban J connectivity index is 1.29. The highest BCUT2D eigenvalue weighted by molar-refractivity contribution is 5.85. The van der Waals surface area contributed by atoms with Gasteiger partial charge in [-0.05, 0) is 62.7 Å². The summed E-state index contributed by atoms with van der Waals surface area (Å²) in [5.41, 5.74) is 2.54. The summed E-state index contributed by atoms with van der Waals surface area (Å²) < 4.78 is 0. The number of urea groups is 1. The lowest BCUT2D eigenvalue weighted by atomic mass is 9.81. The molecule has 28 heavy (non-hydrogen) atoms. The molecule has 1 aliphatic carbocycles. The topological polar surface area (TPSA) is 64.7 Å². The van der Waals surface area contributed by atoms with E-state index in [0.717, 1.165) is 58.2 Å². The van der Waals surface area contributed by atoms with Crippen molar-refractivity contribution in [3.63, 3.8) is 0 Å². The molecule has 1 aromatic rings. The van der Waals surface area contributed by atoms with Gasteiger partial charge in [0.15, 0.2) is 0 Å². The highest BCUT2D eigenvalue weighted by Gasteiger charge is 2.46. The summed E-state index contributed by atoms with van der Waals surface area (Å²) in [5.74, 6) is 0.235. The van der Waals surface area contributed by atoms with Crippen LogP contribution < -0.4 is 10.6 Å². The number of nitrogens with zero attached hydrogens (tertiary/aromatic N) is 2. The van der Waals surface area contributed by atoms with E-state index in [0.29, 0.717) is 12.6 Å². The largest absolute Gasteiger partial charge is 0.340 e. The van der Waals surface area contributed by atoms with Gasteiger partial charge in [0, 0.05) is 19.1 Å². The Bertz CT molecular complexity index is 761. The average Bonchev–Trinajstić information content (AvgIpc) is 3.08. The summed E-state index contributed by atoms with van der Waals surface area (Å²) >= 11 is 0. The Labute approximate surface area is 166 Å². The molecule has 3 heterocycles. The Morgan fingerprint density at radius 3 is 2.75 bits per heavy atom. The van der Waals surface area contributed by atoms with E-state index in [-0.39, 0.29) is 29.9 Å². The van der Waals surface area contributed by atoms with Crippen molar-refractivity contribution in [2.45, 2.75) is 62.6 Å². The van der Waals surface area contributed by atoms with Crippen molar-refractivity contribution in [1.29, 1.82) is 0 Å². The maximum atomic E-state index is 13.4. The monoisotopic (exact) mass is 382 g/mol. The van der Waals surface area contributed by atoms with Crippen molar-refractivity contribution in [1.82, 2.24) is 20.4 Å². The van der Waals surface area contributed by atoms with E-state index >= 15 is 0 Å². The lowest BCUT2D eigenvalue weighted by Crippen LogP contribution is -2.55. The SMILES string of the molecule is O=C(C1CCCc2ccccc21)N1CCC2C(C1)NC(=O)N2C1CCNCC1. The normalized spacial score (nSPS) is 30.6. The number of carbonyl (C=O) groups is 2. The Morgan fingerprint density at radius 2 is 1.89 bits per heavy atom. The predicted octanol–water partition coefficient (Wildman–Crippen LogP) is 1.85. The zero-order chi connectivity index (χ0) is 19.1. The third-order valence-electron chi connectivity index (χ3n) is 7.16. The molecule has 3 fully saturated rings. The molecule has 3 aliphatic heterocycles. The number of benzene rings is 1. The van der Waals surface area contributed by atoms with E-state index in [9.17, 15) is 9.59 Å². The highest BCUT2D eigenvalue weighted by atomic mass is 16.2. The summed E-state index contributed by atoms with van der Waals surface area (Å²) in [4.78, 5) is 30.1. The van der Waals surface area contributed by atoms with Crippen molar-refractivity contribution >= 4 is 11.9 Å². The van der Waals surface area contributed by atoms with Gasteiger partial charge < -0.3 is 20.4 Å². The molecule has 3 atom stereocenters. The Hall–Kier alpha value is -2.08. The minimum absolute atomic E-state index is 0.0147. The number of likely N-dealkylation sites (tertiary alicyclic amines) is 1. The lowest BCUT2D eigenvalue weighted by molar-refractivity contribution is -0.135. The predicted molar refractivity (Wildman–Crippen MR) is 107 cm³/mol. The van der Waals surface area contributed by atoms with Gasteiger partial charge in [-0.2, -0.15) is 0 Å². The van der Waals surface area contributed by atoms with Crippen molar-refractivity contribution in [3.8, 4) is 0 Å². The van der Waals surface area contributed by atoms with Crippen molar-refractivity contribution in [2.24, 2.45) is 0 Å². The van der Waals surface area contributed by atoms with E-state index < -0.39 is 0 Å². The number of hydrogen-bond acceptors (Lipinski definition) is 3. The van der Waals surface area contributed by atoms with Gasteiger partial charge in [0.1, 0.15) is 0 Å². The third-order valence-corrected chi connectivity index (χ3v) is 7.16. The summed E-state index contributed by atoms with van der Waals surface area (Å²) in [6.07, 6.45) is 6.02. The molecule has 0 radical (unpaired) electrons. The van der Waals surface area contributed by atoms with Crippen LogP contribution in [0, 0.1) is 0 Å². The van der Waals surface area contributed by atoms with Gasteiger partial charge in [-0.25, -0.2) is 4.79 Å². The van der Waals surface area contributed by atoms with Crippen LogP contribution in [0.5, 0.6) is 0 Å². The van der Waals surface area contributed by atoms with Crippen molar-refractivity contribution in [2.75, 3.05) is 26.2 Å². The van der Waals surface area contributed by atoms with Crippen LogP contribution in [0.15, 0.2) is 24.3 Å². The number of piperidine rings is 2. The number of fused-ring (bicyclic) bond motifs is 2. The van der Waals surface area contributed by atoms with Crippen LogP contribution in [0.1, 0.15) is 49.1 Å². The minimum Gasteiger partial charge on any atom is -0.340 e. The summed E-state index contributed by atoms with van der Waals surface area (Å²) in [6, 6.07) is 9.11. The van der Waals surface area contributed by atoms with Gasteiger partial charge in [-0.15, -0.1) is 0 Å². The van der Waals surface area contributed by atoms with Crippen LogP contribution in [-0.2, 0) is 11.2 Å². The van der Waals surface area contributed by atoms with Gasteiger partial charge >= 0.3 is 6.03 Å². The molecule has 5 rings (SSSR count). The number of hydrogen-bond donors (Lipinski definition) is 2. The fraction of sp³-hybridized carbons (Fsp3) is 0.636. The standard InChI is InChI=1S/C22H30N4O2/c27-21(18-7-3-5-15-4-1-2-6-17(15)18)25-13-10-20-19(14-25)24-22(28)26(20)16-8-11-23-12-9-16/h1-2,4,6,16,18-20,23H,3,5,7-14H2,(H,24,28). The molecule has 2 N–H and O–H groups in total. The molecule has 3 unspecified atom stereocenters. The van der Waals surface area contributed by atoms with E-state index in [4.69, 9.17) is 0 Å². The Kier molecular flexibility index (Phi) is 4.75. The molecule has 0 saturated carbocycles. The second kappa shape index (κ2) is 7.39. The molecule has 1 aromatic carbocycles. The molecule has 6 nitrogen and oxygen atoms in total. The van der Waals surface area contributed by atoms with E-state index in [2.05, 4.69) is 33.7 Å². The van der Waals surface area contributed by atoms with Gasteiger partial charge in [0.25, 0.3) is 0 Å². The molecule has 3 saturated heterocycles. The zero-order valence-corrected chi connectivity index (χ0v) is 16.4. The van der Waals surface area contributed by atoms with E-state index in [1.54, 1.807) is 0 Å². The summed E-state index contributed by atoms with van der Waals surface area (Å²) in [5, 5.41) is 6.56. The number of rotatable bonds is 2. The van der Waals surface area contributed by atoms with Gasteiger partial charge in [-0.1, -0.05) is 24.3 Å². The van der Waals surface area contributed by atoms with Crippen molar-refractivity contribution in [3.05, 3.63) is 35.4 Å². The van der Waals surface area contributed by atoms with Crippen LogP contribution in [0.2, 0.25) is 0 Å². The first kappa shape index (κ1) is 18.0. The first-order chi connectivity index (χ1) is 13.7. The molecule has 6 heteroatoms. The molecule has 0 spiro atoms. The fourth-order valence-electron chi connectivity index (χ4n) is 5.75. The van der Waals surface area contributed by atoms with Crippen LogP contribution in [0.3, 0.4) is 0 Å². The van der Waals surface area contributed by atoms with E-state index in [1.807, 2.05) is 11.0 Å². The minimum atomic E-state index is -0.0147. The third kappa shape index (κ3) is 3.08. The van der Waals surface area contributed by atoms with E-state index in [1.165, 1.54) is 11.1 Å². The second-order valence-electron chi connectivity index (χ2n) is 8.73. The molecule has 0 aromatic heterocycles. The lowest BCUT2D eigenvalue weighted by Gasteiger charge is -2.41. The summed E-state index contributed by atoms with van der Waals surface area (Å²) in [6.45, 7) is 3.37. The zero-order valence-electron chi connectivity index (χ0n) is 16.4. The Morgan fingerprint density at radius 1 is 1.07 bits per heavy atom. The van der Waals surface area contributed by atoms with Crippen LogP contribution in [0.4, 0.5) is 4.79 Å². The molecule has 4 aliphatic rings. The van der Waals surface area contributed by atoms with Gasteiger partial charge in [-0.3, -0.25) is 4.79 Å². The van der Waals surface area contributed by atoms with Crippen LogP contribution >= 0.6 is 0 Å². The second-order valence-corrected chi connectivity index (χ2v) is 8.73. The first-order valence-corrected chi connectivity index (χ1v) is 10.9. The molecule has 150 valence electrons. The maximum Gasteiger partial charge on any atom is 0.318 e. The fourth-order valence-corrected chi connectivity index (χ4v) is 5.75. The molecular formula is C22H30N4O2. The number of aryl methyl sites for hydroxylation is 1. The quantitative estimate of drug-likeness (QED) is 0.821.